The summed E-state index contributed by atoms with van der Waals surface area (Å²) < 4.78 is 19.2. The number of methoxy groups -OCH3 is 1. The first-order valence-electron chi connectivity index (χ1n) is 9.31. The number of halogens is 1. The van der Waals surface area contributed by atoms with Crippen molar-refractivity contribution < 1.29 is 18.7 Å². The van der Waals surface area contributed by atoms with Gasteiger partial charge in [0.25, 0.3) is 0 Å². The molecule has 0 saturated carbocycles. The summed E-state index contributed by atoms with van der Waals surface area (Å²) in [6.07, 6.45) is 0.758. The zero-order valence-electron chi connectivity index (χ0n) is 15.7. The average molecular weight is 383 g/mol. The van der Waals surface area contributed by atoms with E-state index in [1.54, 1.807) is 30.2 Å². The number of rotatable bonds is 4. The van der Waals surface area contributed by atoms with Gasteiger partial charge in [-0.3, -0.25) is 9.69 Å². The van der Waals surface area contributed by atoms with Crippen LogP contribution in [0.2, 0.25) is 0 Å². The highest BCUT2D eigenvalue weighted by molar-refractivity contribution is 5.96. The monoisotopic (exact) mass is 383 g/mol. The van der Waals surface area contributed by atoms with Crippen LogP contribution < -0.4 is 9.64 Å². The van der Waals surface area contributed by atoms with Crippen molar-refractivity contribution in [3.05, 3.63) is 59.4 Å². The fourth-order valence-corrected chi connectivity index (χ4v) is 3.76. The van der Waals surface area contributed by atoms with Crippen molar-refractivity contribution in [2.24, 2.45) is 0 Å². The Balaban J connectivity index is 1.40. The van der Waals surface area contributed by atoms with Crippen molar-refractivity contribution in [1.29, 1.82) is 0 Å². The van der Waals surface area contributed by atoms with Crippen LogP contribution in [0.4, 0.5) is 14.9 Å². The van der Waals surface area contributed by atoms with E-state index in [0.29, 0.717) is 26.2 Å². The summed E-state index contributed by atoms with van der Waals surface area (Å²) in [7, 11) is 1.64. The van der Waals surface area contributed by atoms with Gasteiger partial charge in [-0.2, -0.15) is 0 Å². The number of hydrogen-bond donors (Lipinski definition) is 0. The minimum absolute atomic E-state index is 0.00920. The number of carbonyl (C=O) groups is 2. The number of hydrogen-bond acceptors (Lipinski definition) is 3. The van der Waals surface area contributed by atoms with Gasteiger partial charge >= 0.3 is 6.03 Å². The van der Waals surface area contributed by atoms with E-state index in [9.17, 15) is 14.0 Å². The third kappa shape index (κ3) is 3.40. The summed E-state index contributed by atoms with van der Waals surface area (Å²) in [5.41, 5.74) is 2.54. The Morgan fingerprint density at radius 1 is 1.11 bits per heavy atom. The molecule has 2 aromatic rings. The summed E-state index contributed by atoms with van der Waals surface area (Å²) >= 11 is 0. The minimum Gasteiger partial charge on any atom is -0.497 e. The second kappa shape index (κ2) is 7.50. The SMILES string of the molecule is COc1ccc2c(c1)CCN(C(=O)CN1CCN(c3ccccc3F)C1=O)C2. The molecule has 0 aliphatic carbocycles. The lowest BCUT2D eigenvalue weighted by Gasteiger charge is -2.30. The lowest BCUT2D eigenvalue weighted by Crippen LogP contribution is -2.44. The summed E-state index contributed by atoms with van der Waals surface area (Å²) in [5.74, 6) is 0.284. The van der Waals surface area contributed by atoms with Crippen LogP contribution in [-0.4, -0.2) is 55.0 Å². The number of urea groups is 1. The Morgan fingerprint density at radius 2 is 1.93 bits per heavy atom. The first-order valence-corrected chi connectivity index (χ1v) is 9.31. The molecule has 2 heterocycles. The fourth-order valence-electron chi connectivity index (χ4n) is 3.76. The van der Waals surface area contributed by atoms with Crippen LogP contribution >= 0.6 is 0 Å². The van der Waals surface area contributed by atoms with E-state index in [0.717, 1.165) is 17.7 Å². The van der Waals surface area contributed by atoms with Crippen molar-refractivity contribution in [2.75, 3.05) is 38.2 Å². The van der Waals surface area contributed by atoms with Crippen LogP contribution in [0.3, 0.4) is 0 Å². The van der Waals surface area contributed by atoms with Crippen LogP contribution in [0.5, 0.6) is 5.75 Å². The predicted molar refractivity (Wildman–Crippen MR) is 103 cm³/mol. The minimum atomic E-state index is -0.438. The van der Waals surface area contributed by atoms with E-state index in [-0.39, 0.29) is 24.2 Å². The first kappa shape index (κ1) is 18.3. The van der Waals surface area contributed by atoms with E-state index in [2.05, 4.69) is 0 Å². The standard InChI is InChI=1S/C21H22FN3O3/c1-28-17-7-6-16-13-23(9-8-15(16)12-17)20(26)14-24-10-11-25(21(24)27)19-5-3-2-4-18(19)22/h2-7,12H,8-11,13-14H2,1H3. The molecule has 0 bridgehead atoms. The largest absolute Gasteiger partial charge is 0.497 e. The molecule has 1 saturated heterocycles. The average Bonchev–Trinajstić information content (AvgIpc) is 3.07. The van der Waals surface area contributed by atoms with Gasteiger partial charge in [0, 0.05) is 26.2 Å². The Hall–Kier alpha value is -3.09. The van der Waals surface area contributed by atoms with Crippen molar-refractivity contribution in [3.8, 4) is 5.75 Å². The third-order valence-corrected chi connectivity index (χ3v) is 5.34. The molecule has 2 aliphatic rings. The molecule has 1 fully saturated rings. The van der Waals surface area contributed by atoms with Crippen LogP contribution in [0.15, 0.2) is 42.5 Å². The number of nitrogens with zero attached hydrogens (tertiary/aromatic N) is 3. The maximum Gasteiger partial charge on any atom is 0.325 e. The van der Waals surface area contributed by atoms with Gasteiger partial charge in [0.1, 0.15) is 18.1 Å². The molecule has 7 heteroatoms. The lowest BCUT2D eigenvalue weighted by atomic mass is 9.99. The van der Waals surface area contributed by atoms with Crippen LogP contribution in [0.1, 0.15) is 11.1 Å². The summed E-state index contributed by atoms with van der Waals surface area (Å²) in [6, 6.07) is 11.7. The molecule has 146 valence electrons. The molecule has 6 nitrogen and oxygen atoms in total. The van der Waals surface area contributed by atoms with Crippen molar-refractivity contribution in [2.45, 2.75) is 13.0 Å². The summed E-state index contributed by atoms with van der Waals surface area (Å²) in [4.78, 5) is 30.0. The van der Waals surface area contributed by atoms with Crippen LogP contribution in [-0.2, 0) is 17.8 Å². The van der Waals surface area contributed by atoms with E-state index >= 15 is 0 Å². The van der Waals surface area contributed by atoms with E-state index < -0.39 is 5.82 Å². The molecule has 28 heavy (non-hydrogen) atoms. The van der Waals surface area contributed by atoms with Crippen molar-refractivity contribution >= 4 is 17.6 Å². The van der Waals surface area contributed by atoms with E-state index in [4.69, 9.17) is 4.74 Å². The van der Waals surface area contributed by atoms with Crippen molar-refractivity contribution in [1.82, 2.24) is 9.80 Å². The fraction of sp³-hybridized carbons (Fsp3) is 0.333. The van der Waals surface area contributed by atoms with Gasteiger partial charge in [0.2, 0.25) is 5.91 Å². The predicted octanol–water partition coefficient (Wildman–Crippen LogP) is 2.66. The molecule has 0 radical (unpaired) electrons. The van der Waals surface area contributed by atoms with Gasteiger partial charge in [-0.1, -0.05) is 18.2 Å². The zero-order valence-corrected chi connectivity index (χ0v) is 15.7. The maximum absolute atomic E-state index is 14.0. The summed E-state index contributed by atoms with van der Waals surface area (Å²) in [6.45, 7) is 1.92. The topological polar surface area (TPSA) is 53.1 Å². The molecule has 2 aliphatic heterocycles. The smallest absolute Gasteiger partial charge is 0.325 e. The molecule has 3 amide bonds. The van der Waals surface area contributed by atoms with Crippen molar-refractivity contribution in [3.63, 3.8) is 0 Å². The second-order valence-corrected chi connectivity index (χ2v) is 7.01. The number of carbonyl (C=O) groups excluding carboxylic acids is 2. The maximum atomic E-state index is 14.0. The number of fused-ring (bicyclic) bond motifs is 1. The molecule has 2 aromatic carbocycles. The Bertz CT molecular complexity index is 918. The van der Waals surface area contributed by atoms with Crippen LogP contribution in [0.25, 0.3) is 0 Å². The zero-order chi connectivity index (χ0) is 19.7. The molecule has 4 rings (SSSR count). The van der Waals surface area contributed by atoms with Gasteiger partial charge in [0.05, 0.1) is 12.8 Å². The molecule has 0 spiro atoms. The Kier molecular flexibility index (Phi) is 4.90. The number of anilines is 1. The molecule has 0 unspecified atom stereocenters. The van der Waals surface area contributed by atoms with Gasteiger partial charge in [0.15, 0.2) is 0 Å². The Labute approximate surface area is 163 Å². The number of para-hydroxylation sites is 1. The molecule has 0 atom stereocenters. The first-order chi connectivity index (χ1) is 13.6. The third-order valence-electron chi connectivity index (χ3n) is 5.34. The van der Waals surface area contributed by atoms with E-state index in [1.807, 2.05) is 18.2 Å². The lowest BCUT2D eigenvalue weighted by molar-refractivity contribution is -0.132. The molecular weight excluding hydrogens is 361 g/mol. The number of amides is 3. The normalized spacial score (nSPS) is 16.4. The molecule has 0 N–H and O–H groups in total. The van der Waals surface area contributed by atoms with Crippen LogP contribution in [0, 0.1) is 5.82 Å². The Morgan fingerprint density at radius 3 is 2.71 bits per heavy atom. The quantitative estimate of drug-likeness (QED) is 0.816. The highest BCUT2D eigenvalue weighted by Gasteiger charge is 2.33. The number of ether oxygens (including phenoxy) is 1. The number of benzene rings is 2. The molecular formula is C21H22FN3O3. The van der Waals surface area contributed by atoms with Gasteiger partial charge < -0.3 is 14.5 Å². The summed E-state index contributed by atoms with van der Waals surface area (Å²) in [5, 5.41) is 0. The molecule has 0 aromatic heterocycles. The second-order valence-electron chi connectivity index (χ2n) is 7.01. The van der Waals surface area contributed by atoms with E-state index in [1.165, 1.54) is 21.4 Å². The van der Waals surface area contributed by atoms with Gasteiger partial charge in [-0.25, -0.2) is 9.18 Å². The van der Waals surface area contributed by atoms with Gasteiger partial charge in [-0.15, -0.1) is 0 Å². The van der Waals surface area contributed by atoms with Gasteiger partial charge in [-0.05, 0) is 41.8 Å². The highest BCUT2D eigenvalue weighted by Crippen LogP contribution is 2.25. The highest BCUT2D eigenvalue weighted by atomic mass is 19.1.